The monoisotopic (exact) mass is 320 g/mol. The molecule has 0 aliphatic carbocycles. The minimum atomic E-state index is -2.98. The Balaban J connectivity index is 1.93. The van der Waals surface area contributed by atoms with E-state index in [9.17, 15) is 18.0 Å². The minimum absolute atomic E-state index is 0.0525. The number of carbonyl (C=O) groups excluding carboxylic acids is 1. The lowest BCUT2D eigenvalue weighted by molar-refractivity contribution is -0.137. The molecule has 2 heterocycles. The number of hydrogen-bond acceptors (Lipinski definition) is 5. The average Bonchev–Trinajstić information content (AvgIpc) is 2.74. The fourth-order valence-corrected chi connectivity index (χ4v) is 6.30. The maximum Gasteiger partial charge on any atom is 0.303 e. The summed E-state index contributed by atoms with van der Waals surface area (Å²) in [6.07, 6.45) is 0.307. The van der Waals surface area contributed by atoms with Gasteiger partial charge in [0.15, 0.2) is 15.0 Å². The summed E-state index contributed by atoms with van der Waals surface area (Å²) in [5, 5.41) is 8.97. The van der Waals surface area contributed by atoms with Crippen molar-refractivity contribution >= 4 is 38.6 Å². The summed E-state index contributed by atoms with van der Waals surface area (Å²) >= 11 is 1.32. The van der Waals surface area contributed by atoms with Gasteiger partial charge in [-0.05, 0) is 6.42 Å². The molecule has 0 bridgehead atoms. The van der Waals surface area contributed by atoms with Crippen molar-refractivity contribution in [2.45, 2.75) is 30.6 Å². The van der Waals surface area contributed by atoms with E-state index in [4.69, 9.17) is 5.11 Å². The number of carbonyl (C=O) groups is 2. The Hall–Kier alpha value is -1.09. The molecule has 2 atom stereocenters. The van der Waals surface area contributed by atoms with E-state index in [2.05, 4.69) is 4.99 Å². The van der Waals surface area contributed by atoms with Crippen molar-refractivity contribution in [1.29, 1.82) is 0 Å². The van der Waals surface area contributed by atoms with Crippen LogP contribution in [0.25, 0.3) is 0 Å². The molecule has 2 aliphatic rings. The number of amidine groups is 1. The SMILES string of the molecule is CN1C(=NC(=O)CCCC(=O)O)S[C@H]2CS(=O)(=O)C[C@H]21. The van der Waals surface area contributed by atoms with Gasteiger partial charge in [-0.3, -0.25) is 9.59 Å². The minimum Gasteiger partial charge on any atom is -0.481 e. The Kier molecular flexibility index (Phi) is 4.38. The smallest absolute Gasteiger partial charge is 0.303 e. The molecule has 0 radical (unpaired) electrons. The quantitative estimate of drug-likeness (QED) is 0.775. The van der Waals surface area contributed by atoms with Crippen LogP contribution in [0, 0.1) is 0 Å². The molecule has 2 aliphatic heterocycles. The molecule has 0 aromatic heterocycles. The number of sulfone groups is 1. The number of amides is 1. The molecular weight excluding hydrogens is 304 g/mol. The van der Waals surface area contributed by atoms with Gasteiger partial charge in [0.2, 0.25) is 5.91 Å². The Morgan fingerprint density at radius 1 is 1.40 bits per heavy atom. The number of nitrogens with zero attached hydrogens (tertiary/aromatic N) is 2. The molecule has 20 heavy (non-hydrogen) atoms. The first kappa shape index (κ1) is 15.3. The van der Waals surface area contributed by atoms with Gasteiger partial charge >= 0.3 is 5.97 Å². The summed E-state index contributed by atoms with van der Waals surface area (Å²) in [5.74, 6) is -1.06. The lowest BCUT2D eigenvalue weighted by Gasteiger charge is -2.17. The van der Waals surface area contributed by atoms with E-state index >= 15 is 0 Å². The van der Waals surface area contributed by atoms with Crippen LogP contribution in [0.1, 0.15) is 19.3 Å². The molecule has 1 N–H and O–H groups in total. The highest BCUT2D eigenvalue weighted by molar-refractivity contribution is 8.15. The fourth-order valence-electron chi connectivity index (χ4n) is 2.29. The molecule has 2 saturated heterocycles. The van der Waals surface area contributed by atoms with Gasteiger partial charge in [0.05, 0.1) is 17.5 Å². The van der Waals surface area contributed by atoms with Gasteiger partial charge < -0.3 is 10.0 Å². The summed E-state index contributed by atoms with van der Waals surface area (Å²) < 4.78 is 23.0. The maximum atomic E-state index is 11.6. The van der Waals surface area contributed by atoms with Crippen molar-refractivity contribution in [2.24, 2.45) is 4.99 Å². The zero-order chi connectivity index (χ0) is 14.9. The Bertz CT molecular complexity index is 557. The maximum absolute atomic E-state index is 11.6. The summed E-state index contributed by atoms with van der Waals surface area (Å²) in [5.41, 5.74) is 0. The number of carboxylic acid groups (broad SMARTS) is 1. The number of carboxylic acids is 1. The number of rotatable bonds is 4. The van der Waals surface area contributed by atoms with E-state index in [1.807, 2.05) is 0 Å². The van der Waals surface area contributed by atoms with Crippen LogP contribution >= 0.6 is 11.8 Å². The second-order valence-electron chi connectivity index (χ2n) is 4.95. The van der Waals surface area contributed by atoms with Crippen LogP contribution in [0.5, 0.6) is 0 Å². The molecule has 7 nitrogen and oxygen atoms in total. The zero-order valence-electron chi connectivity index (χ0n) is 11.0. The molecule has 112 valence electrons. The summed E-state index contributed by atoms with van der Waals surface area (Å²) in [6, 6.07) is -0.115. The van der Waals surface area contributed by atoms with Crippen LogP contribution in [-0.2, 0) is 19.4 Å². The van der Waals surface area contributed by atoms with Crippen LogP contribution in [0.4, 0.5) is 0 Å². The van der Waals surface area contributed by atoms with Gasteiger partial charge in [-0.15, -0.1) is 0 Å². The van der Waals surface area contributed by atoms with E-state index < -0.39 is 15.8 Å². The van der Waals surface area contributed by atoms with Crippen molar-refractivity contribution in [3.05, 3.63) is 0 Å². The Morgan fingerprint density at radius 2 is 2.10 bits per heavy atom. The van der Waals surface area contributed by atoms with Crippen LogP contribution in [0.3, 0.4) is 0 Å². The number of fused-ring (bicyclic) bond motifs is 1. The number of aliphatic carboxylic acids is 1. The second-order valence-corrected chi connectivity index (χ2v) is 8.31. The third-order valence-electron chi connectivity index (χ3n) is 3.33. The van der Waals surface area contributed by atoms with Crippen LogP contribution in [0.15, 0.2) is 4.99 Å². The van der Waals surface area contributed by atoms with E-state index in [1.54, 1.807) is 11.9 Å². The predicted molar refractivity (Wildman–Crippen MR) is 75.5 cm³/mol. The summed E-state index contributed by atoms with van der Waals surface area (Å²) in [7, 11) is -1.24. The molecule has 2 rings (SSSR count). The lowest BCUT2D eigenvalue weighted by Crippen LogP contribution is -2.34. The van der Waals surface area contributed by atoms with E-state index in [-0.39, 0.29) is 48.0 Å². The largest absolute Gasteiger partial charge is 0.481 e. The van der Waals surface area contributed by atoms with Crippen LogP contribution < -0.4 is 0 Å². The molecule has 0 aromatic carbocycles. The third-order valence-corrected chi connectivity index (χ3v) is 6.63. The first-order chi connectivity index (χ1) is 9.28. The summed E-state index contributed by atoms with van der Waals surface area (Å²) in [4.78, 5) is 27.7. The molecule has 0 saturated carbocycles. The van der Waals surface area contributed by atoms with Gasteiger partial charge in [0.1, 0.15) is 0 Å². The van der Waals surface area contributed by atoms with E-state index in [0.717, 1.165) is 0 Å². The van der Waals surface area contributed by atoms with Crippen LogP contribution in [-0.4, -0.2) is 65.3 Å². The van der Waals surface area contributed by atoms with Crippen molar-refractivity contribution < 1.29 is 23.1 Å². The molecule has 0 aromatic rings. The molecular formula is C11H16N2O5S2. The first-order valence-electron chi connectivity index (χ1n) is 6.22. The number of hydrogen-bond donors (Lipinski definition) is 1. The van der Waals surface area contributed by atoms with Crippen molar-refractivity contribution in [2.75, 3.05) is 18.6 Å². The van der Waals surface area contributed by atoms with E-state index in [1.165, 1.54) is 11.8 Å². The molecule has 0 unspecified atom stereocenters. The normalized spacial score (nSPS) is 29.6. The summed E-state index contributed by atoms with van der Waals surface area (Å²) in [6.45, 7) is 0. The van der Waals surface area contributed by atoms with Crippen molar-refractivity contribution in [3.8, 4) is 0 Å². The zero-order valence-corrected chi connectivity index (χ0v) is 12.6. The third kappa shape index (κ3) is 3.51. The van der Waals surface area contributed by atoms with Gasteiger partial charge in [0.25, 0.3) is 0 Å². The standard InChI is InChI=1S/C11H16N2O5S2/c1-13-7-5-20(17,18)6-8(7)19-11(13)12-9(14)3-2-4-10(15)16/h7-8H,2-6H2,1H3,(H,15,16)/t7-,8+/m1/s1. The van der Waals surface area contributed by atoms with Gasteiger partial charge in [0, 0.05) is 25.1 Å². The van der Waals surface area contributed by atoms with E-state index in [0.29, 0.717) is 5.17 Å². The average molecular weight is 320 g/mol. The number of aliphatic imine (C=N–C) groups is 1. The second kappa shape index (κ2) is 5.72. The number of thioether (sulfide) groups is 1. The molecule has 2 fully saturated rings. The topological polar surface area (TPSA) is 104 Å². The highest BCUT2D eigenvalue weighted by Crippen LogP contribution is 2.36. The van der Waals surface area contributed by atoms with Crippen molar-refractivity contribution in [1.82, 2.24) is 4.90 Å². The fraction of sp³-hybridized carbons (Fsp3) is 0.727. The highest BCUT2D eigenvalue weighted by atomic mass is 32.2. The van der Waals surface area contributed by atoms with Gasteiger partial charge in [-0.1, -0.05) is 11.8 Å². The van der Waals surface area contributed by atoms with Gasteiger partial charge in [-0.25, -0.2) is 8.42 Å². The van der Waals surface area contributed by atoms with Gasteiger partial charge in [-0.2, -0.15) is 4.99 Å². The Labute approximate surface area is 121 Å². The van der Waals surface area contributed by atoms with Crippen LogP contribution in [0.2, 0.25) is 0 Å². The molecule has 1 amide bonds. The predicted octanol–water partition coefficient (Wildman–Crippen LogP) is -0.0319. The van der Waals surface area contributed by atoms with Crippen molar-refractivity contribution in [3.63, 3.8) is 0 Å². The lowest BCUT2D eigenvalue weighted by atomic mass is 10.2. The molecule has 0 spiro atoms. The first-order valence-corrected chi connectivity index (χ1v) is 8.92. The Morgan fingerprint density at radius 3 is 2.70 bits per heavy atom. The highest BCUT2D eigenvalue weighted by Gasteiger charge is 2.47. The molecule has 9 heteroatoms.